The van der Waals surface area contributed by atoms with Crippen molar-refractivity contribution >= 4 is 35.8 Å². The average Bonchev–Trinajstić information content (AvgIpc) is 3.45. The minimum atomic E-state index is -0.398. The van der Waals surface area contributed by atoms with Gasteiger partial charge in [-0.2, -0.15) is 0 Å². The van der Waals surface area contributed by atoms with Crippen LogP contribution in [0, 0.1) is 0 Å². The number of quaternary nitrogens is 2. The van der Waals surface area contributed by atoms with Crippen LogP contribution in [0.1, 0.15) is 154 Å². The van der Waals surface area contributed by atoms with Gasteiger partial charge in [0.25, 0.3) is 0 Å². The van der Waals surface area contributed by atoms with Crippen molar-refractivity contribution in [1.82, 2.24) is 0 Å². The lowest BCUT2D eigenvalue weighted by Crippen LogP contribution is -3.00. The van der Waals surface area contributed by atoms with Crippen LogP contribution in [0.25, 0.3) is 0 Å². The molecule has 4 atom stereocenters. The van der Waals surface area contributed by atoms with Gasteiger partial charge in [0, 0.05) is 100 Å². The molecule has 0 amide bonds. The minimum absolute atomic E-state index is 0. The smallest absolute Gasteiger partial charge is 0.311 e. The van der Waals surface area contributed by atoms with E-state index < -0.39 is 11.9 Å². The van der Waals surface area contributed by atoms with Crippen molar-refractivity contribution < 1.29 is 100 Å². The Balaban J connectivity index is 0.00000476. The number of benzene rings is 2. The van der Waals surface area contributed by atoms with Crippen molar-refractivity contribution in [3.8, 4) is 23.0 Å². The molecule has 0 radical (unpaired) electrons. The first-order chi connectivity index (χ1) is 30.7. The molecule has 2 aromatic rings. The second-order valence-electron chi connectivity index (χ2n) is 18.9. The van der Waals surface area contributed by atoms with Gasteiger partial charge >= 0.3 is 35.8 Å². The topological polar surface area (TPSA) is 158 Å². The summed E-state index contributed by atoms with van der Waals surface area (Å²) in [5.74, 6) is -0.619. The van der Waals surface area contributed by atoms with Crippen LogP contribution in [-0.2, 0) is 51.3 Å². The van der Waals surface area contributed by atoms with Gasteiger partial charge in [0.2, 0.25) is 0 Å². The molecule has 4 saturated heterocycles. The fraction of sp³-hybridized carbons (Fsp3) is 0.640. The SMILES string of the molecule is CCCC(=O)Oc1ccc(C[N+]2(C)C3CCC2CC(OC(=O)CCC(=O)OC2CC4CCC(C2)[N+]4(C)Cc2ccc(OC(=O)CCC)cc2OC(=O)CCC)C3)c(OC(=O)CCC)c1.[Br-].[Br-]. The summed E-state index contributed by atoms with van der Waals surface area (Å²) in [5, 5.41) is 0. The third-order valence-electron chi connectivity index (χ3n) is 14.1. The third kappa shape index (κ3) is 13.9. The number of halogens is 2. The number of ether oxygens (including phenoxy) is 6. The molecule has 366 valence electrons. The molecule has 16 heteroatoms. The molecule has 2 aromatic carbocycles. The summed E-state index contributed by atoms with van der Waals surface area (Å²) in [6, 6.07) is 11.5. The predicted octanol–water partition coefficient (Wildman–Crippen LogP) is 2.36. The lowest BCUT2D eigenvalue weighted by Gasteiger charge is -2.47. The Labute approximate surface area is 411 Å². The number of hydrogen-bond donors (Lipinski definition) is 0. The molecule has 4 unspecified atom stereocenters. The highest BCUT2D eigenvalue weighted by Crippen LogP contribution is 2.46. The Bertz CT molecular complexity index is 1860. The van der Waals surface area contributed by atoms with Crippen LogP contribution in [0.5, 0.6) is 23.0 Å². The van der Waals surface area contributed by atoms with Crippen LogP contribution in [0.3, 0.4) is 0 Å². The summed E-state index contributed by atoms with van der Waals surface area (Å²) < 4.78 is 36.2. The lowest BCUT2D eigenvalue weighted by atomic mass is 9.95. The fourth-order valence-electron chi connectivity index (χ4n) is 10.7. The van der Waals surface area contributed by atoms with Gasteiger partial charge in [-0.3, -0.25) is 28.8 Å². The molecule has 66 heavy (non-hydrogen) atoms. The van der Waals surface area contributed by atoms with Crippen molar-refractivity contribution in [2.24, 2.45) is 0 Å². The maximum absolute atomic E-state index is 13.2. The second-order valence-corrected chi connectivity index (χ2v) is 18.9. The van der Waals surface area contributed by atoms with E-state index in [0.717, 1.165) is 45.8 Å². The van der Waals surface area contributed by atoms with Crippen LogP contribution in [-0.4, -0.2) is 95.3 Å². The molecule has 0 spiro atoms. The number of hydrogen-bond acceptors (Lipinski definition) is 12. The zero-order valence-corrected chi connectivity index (χ0v) is 42.8. The normalized spacial score (nSPS) is 25.9. The molecule has 4 aliphatic rings. The van der Waals surface area contributed by atoms with E-state index in [2.05, 4.69) is 14.1 Å². The quantitative estimate of drug-likeness (QED) is 0.102. The van der Waals surface area contributed by atoms with Crippen molar-refractivity contribution in [2.45, 2.75) is 193 Å². The van der Waals surface area contributed by atoms with Crippen LogP contribution in [0.4, 0.5) is 0 Å². The highest BCUT2D eigenvalue weighted by molar-refractivity contribution is 5.78. The number of fused-ring (bicyclic) bond motifs is 4. The predicted molar refractivity (Wildman–Crippen MR) is 236 cm³/mol. The first-order valence-electron chi connectivity index (χ1n) is 23.8. The highest BCUT2D eigenvalue weighted by atomic mass is 79.9. The molecule has 0 saturated carbocycles. The van der Waals surface area contributed by atoms with Crippen LogP contribution in [0.15, 0.2) is 36.4 Å². The zero-order chi connectivity index (χ0) is 46.0. The van der Waals surface area contributed by atoms with Crippen molar-refractivity contribution in [1.29, 1.82) is 0 Å². The van der Waals surface area contributed by atoms with Gasteiger partial charge in [-0.25, -0.2) is 0 Å². The highest BCUT2D eigenvalue weighted by Gasteiger charge is 2.54. The largest absolute Gasteiger partial charge is 1.00 e. The van der Waals surface area contributed by atoms with E-state index in [1.54, 1.807) is 24.3 Å². The first-order valence-corrected chi connectivity index (χ1v) is 23.8. The molecule has 0 N–H and O–H groups in total. The van der Waals surface area contributed by atoms with E-state index >= 15 is 0 Å². The molecule has 0 aliphatic carbocycles. The number of carbonyl (C=O) groups is 6. The van der Waals surface area contributed by atoms with E-state index in [-0.39, 0.29) is 120 Å². The molecular weight excluding hydrogens is 980 g/mol. The van der Waals surface area contributed by atoms with Crippen LogP contribution in [0.2, 0.25) is 0 Å². The Morgan fingerprint density at radius 2 is 0.758 bits per heavy atom. The molecule has 4 bridgehead atoms. The number of nitrogens with zero attached hydrogens (tertiary/aromatic N) is 2. The lowest BCUT2D eigenvalue weighted by molar-refractivity contribution is -0.961. The molecule has 4 heterocycles. The third-order valence-corrected chi connectivity index (χ3v) is 14.1. The summed E-state index contributed by atoms with van der Waals surface area (Å²) in [6.45, 7) is 8.88. The summed E-state index contributed by atoms with van der Waals surface area (Å²) in [4.78, 5) is 76.0. The molecule has 6 rings (SSSR count). The zero-order valence-electron chi connectivity index (χ0n) is 39.6. The summed E-state index contributed by atoms with van der Waals surface area (Å²) in [7, 11) is 4.44. The Morgan fingerprint density at radius 3 is 1.06 bits per heavy atom. The Kier molecular flexibility index (Phi) is 20.7. The summed E-state index contributed by atoms with van der Waals surface area (Å²) >= 11 is 0. The van der Waals surface area contributed by atoms with Crippen molar-refractivity contribution in [3.63, 3.8) is 0 Å². The standard InChI is InChI=1S/C50H70N2O12.2BrH/c1-7-11-45(53)59-39-21-15-33(43(29-39)63-47(55)13-9-3)31-51(5)35-17-18-36(51)26-41(25-35)61-49(57)23-24-50(58)62-42-27-37-19-20-38(28-42)52(37,6)32-34-16-22-40(60-46(54)12-8-2)30-44(34)64-48(56)14-10-4;;/h15-16,21-22,29-30,35-38,41-42H,7-14,17-20,23-28,31-32H2,1-6H3;2*1H/q+2;;/p-2. The first kappa shape index (κ1) is 54.7. The minimum Gasteiger partial charge on any atom is -1.00 e. The van der Waals surface area contributed by atoms with Crippen LogP contribution < -0.4 is 52.9 Å². The van der Waals surface area contributed by atoms with Gasteiger partial charge in [0.15, 0.2) is 0 Å². The van der Waals surface area contributed by atoms with E-state index in [1.807, 2.05) is 39.8 Å². The maximum Gasteiger partial charge on any atom is 0.311 e. The van der Waals surface area contributed by atoms with Crippen molar-refractivity contribution in [3.05, 3.63) is 47.5 Å². The van der Waals surface area contributed by atoms with Gasteiger partial charge in [0.05, 0.1) is 51.1 Å². The van der Waals surface area contributed by atoms with Gasteiger partial charge in [-0.1, -0.05) is 27.7 Å². The van der Waals surface area contributed by atoms with Gasteiger partial charge in [0.1, 0.15) is 48.3 Å². The summed E-state index contributed by atoms with van der Waals surface area (Å²) in [6.07, 6.45) is 9.93. The molecule has 4 fully saturated rings. The molecular formula is C50H70Br2N2O12. The fourth-order valence-corrected chi connectivity index (χ4v) is 10.7. The molecule has 0 aromatic heterocycles. The average molecular weight is 1050 g/mol. The maximum atomic E-state index is 13.2. The summed E-state index contributed by atoms with van der Waals surface area (Å²) in [5.41, 5.74) is 1.72. The van der Waals surface area contributed by atoms with E-state index in [1.165, 1.54) is 0 Å². The number of carbonyl (C=O) groups excluding carboxylic acids is 6. The molecule has 4 aliphatic heterocycles. The number of rotatable bonds is 21. The monoisotopic (exact) mass is 1050 g/mol. The van der Waals surface area contributed by atoms with Gasteiger partial charge < -0.3 is 71.4 Å². The van der Waals surface area contributed by atoms with Crippen LogP contribution >= 0.6 is 0 Å². The number of piperidine rings is 2. The Hall–Kier alpha value is -3.86. The van der Waals surface area contributed by atoms with E-state index in [0.29, 0.717) is 100 Å². The number of esters is 6. The van der Waals surface area contributed by atoms with E-state index in [4.69, 9.17) is 28.4 Å². The molecule has 14 nitrogen and oxygen atoms in total. The van der Waals surface area contributed by atoms with E-state index in [9.17, 15) is 28.8 Å². The van der Waals surface area contributed by atoms with Gasteiger partial charge in [-0.05, 0) is 49.9 Å². The second kappa shape index (κ2) is 25.0. The van der Waals surface area contributed by atoms with Crippen molar-refractivity contribution in [2.75, 3.05) is 14.1 Å². The Morgan fingerprint density at radius 1 is 0.455 bits per heavy atom. The van der Waals surface area contributed by atoms with Gasteiger partial charge in [-0.15, -0.1) is 0 Å².